The molecule has 1 fully saturated rings. The average Bonchev–Trinajstić information content (AvgIpc) is 3.38. The second-order valence-electron chi connectivity index (χ2n) is 9.77. The van der Waals surface area contributed by atoms with E-state index < -0.39 is 28.5 Å². The Hall–Kier alpha value is -3.27. The highest BCUT2D eigenvalue weighted by Crippen LogP contribution is 2.34. The normalized spacial score (nSPS) is 16.2. The van der Waals surface area contributed by atoms with E-state index in [1.165, 1.54) is 4.90 Å². The fourth-order valence-electron chi connectivity index (χ4n) is 4.67. The second-order valence-corrected chi connectivity index (χ2v) is 11.7. The van der Waals surface area contributed by atoms with E-state index in [1.807, 2.05) is 31.2 Å². The van der Waals surface area contributed by atoms with Crippen molar-refractivity contribution in [2.24, 2.45) is 0 Å². The first kappa shape index (κ1) is 26.8. The molecule has 1 N–H and O–H groups in total. The lowest BCUT2D eigenvalue weighted by Gasteiger charge is -2.32. The largest absolute Gasteiger partial charge is 0.486 e. The highest BCUT2D eigenvalue weighted by atomic mass is 32.2. The molecule has 1 saturated carbocycles. The van der Waals surface area contributed by atoms with Gasteiger partial charge in [-0.05, 0) is 44.4 Å². The Morgan fingerprint density at radius 3 is 2.32 bits per heavy atom. The molecule has 2 aromatic carbocycles. The fourth-order valence-corrected chi connectivity index (χ4v) is 5.51. The zero-order valence-electron chi connectivity index (χ0n) is 21.6. The van der Waals surface area contributed by atoms with Crippen molar-refractivity contribution < 1.29 is 27.5 Å². The molecule has 4 rings (SSSR count). The number of rotatable bonds is 9. The molecule has 0 unspecified atom stereocenters. The van der Waals surface area contributed by atoms with Crippen LogP contribution < -0.4 is 19.1 Å². The molecule has 0 spiro atoms. The first-order valence-corrected chi connectivity index (χ1v) is 14.5. The van der Waals surface area contributed by atoms with Gasteiger partial charge in [-0.1, -0.05) is 42.7 Å². The number of benzene rings is 2. The molecule has 2 amide bonds. The van der Waals surface area contributed by atoms with Crippen LogP contribution in [0.3, 0.4) is 0 Å². The smallest absolute Gasteiger partial charge is 0.244 e. The van der Waals surface area contributed by atoms with Crippen LogP contribution in [0, 0.1) is 6.92 Å². The molecule has 0 aromatic heterocycles. The Bertz CT molecular complexity index is 1230. The van der Waals surface area contributed by atoms with Crippen molar-refractivity contribution in [1.82, 2.24) is 10.2 Å². The number of carbonyl (C=O) groups is 2. The summed E-state index contributed by atoms with van der Waals surface area (Å²) in [4.78, 5) is 28.3. The Morgan fingerprint density at radius 1 is 1.03 bits per heavy atom. The molecule has 0 radical (unpaired) electrons. The number of nitrogens with one attached hydrogen (secondary N) is 1. The number of ether oxygens (including phenoxy) is 2. The number of amides is 2. The molecule has 1 aliphatic carbocycles. The zero-order valence-corrected chi connectivity index (χ0v) is 22.4. The third-order valence-corrected chi connectivity index (χ3v) is 7.98. The Labute approximate surface area is 218 Å². The van der Waals surface area contributed by atoms with Crippen molar-refractivity contribution >= 4 is 27.5 Å². The third-order valence-electron chi connectivity index (χ3n) is 6.84. The van der Waals surface area contributed by atoms with E-state index in [4.69, 9.17) is 9.47 Å². The van der Waals surface area contributed by atoms with Crippen LogP contribution in [0.25, 0.3) is 0 Å². The highest BCUT2D eigenvalue weighted by molar-refractivity contribution is 7.92. The van der Waals surface area contributed by atoms with Gasteiger partial charge in [-0.15, -0.1) is 0 Å². The monoisotopic (exact) mass is 529 g/mol. The van der Waals surface area contributed by atoms with Crippen LogP contribution in [0.1, 0.15) is 43.7 Å². The molecule has 1 heterocycles. The summed E-state index contributed by atoms with van der Waals surface area (Å²) in [5, 5.41) is 3.06. The molecule has 2 aliphatic rings. The van der Waals surface area contributed by atoms with E-state index in [0.717, 1.165) is 47.4 Å². The van der Waals surface area contributed by atoms with Gasteiger partial charge in [0.05, 0.1) is 11.9 Å². The van der Waals surface area contributed by atoms with Gasteiger partial charge in [0.2, 0.25) is 21.8 Å². The van der Waals surface area contributed by atoms with Crippen molar-refractivity contribution in [1.29, 1.82) is 0 Å². The molecule has 2 aromatic rings. The maximum atomic E-state index is 13.7. The molecule has 1 aliphatic heterocycles. The SMILES string of the molecule is Cc1ccc(CN(C(=O)CN(c2ccc3c(c2)OCCO3)S(C)(=O)=O)[C@H](C)C(=O)NC2CCCC2)cc1. The van der Waals surface area contributed by atoms with Gasteiger partial charge in [-0.3, -0.25) is 13.9 Å². The summed E-state index contributed by atoms with van der Waals surface area (Å²) in [6, 6.07) is 11.8. The third kappa shape index (κ3) is 6.74. The van der Waals surface area contributed by atoms with Gasteiger partial charge in [0.15, 0.2) is 11.5 Å². The van der Waals surface area contributed by atoms with Gasteiger partial charge in [0, 0.05) is 18.7 Å². The minimum atomic E-state index is -3.83. The lowest BCUT2D eigenvalue weighted by atomic mass is 10.1. The van der Waals surface area contributed by atoms with Gasteiger partial charge in [-0.25, -0.2) is 8.42 Å². The van der Waals surface area contributed by atoms with Crippen molar-refractivity contribution in [3.8, 4) is 11.5 Å². The molecule has 200 valence electrons. The molecule has 1 atom stereocenters. The Kier molecular flexibility index (Phi) is 8.26. The van der Waals surface area contributed by atoms with Crippen LogP contribution >= 0.6 is 0 Å². The van der Waals surface area contributed by atoms with Crippen molar-refractivity contribution in [3.05, 3.63) is 53.6 Å². The summed E-state index contributed by atoms with van der Waals surface area (Å²) >= 11 is 0. The minimum absolute atomic E-state index is 0.108. The van der Waals surface area contributed by atoms with Crippen molar-refractivity contribution in [2.75, 3.05) is 30.3 Å². The molecular weight excluding hydrogens is 494 g/mol. The van der Waals surface area contributed by atoms with Gasteiger partial charge in [0.1, 0.15) is 25.8 Å². The van der Waals surface area contributed by atoms with Crippen LogP contribution in [0.5, 0.6) is 11.5 Å². The van der Waals surface area contributed by atoms with E-state index in [1.54, 1.807) is 25.1 Å². The van der Waals surface area contributed by atoms with Crippen LogP contribution in [-0.2, 0) is 26.2 Å². The van der Waals surface area contributed by atoms with Gasteiger partial charge in [-0.2, -0.15) is 0 Å². The number of nitrogens with zero attached hydrogens (tertiary/aromatic N) is 2. The predicted octanol–water partition coefficient (Wildman–Crippen LogP) is 3.01. The Morgan fingerprint density at radius 2 is 1.68 bits per heavy atom. The number of aryl methyl sites for hydroxylation is 1. The van der Waals surface area contributed by atoms with Crippen LogP contribution in [0.4, 0.5) is 5.69 Å². The van der Waals surface area contributed by atoms with E-state index >= 15 is 0 Å². The van der Waals surface area contributed by atoms with E-state index in [0.29, 0.717) is 30.4 Å². The first-order chi connectivity index (χ1) is 17.6. The molecular formula is C27H35N3O6S. The number of carbonyl (C=O) groups excluding carboxylic acids is 2. The molecule has 9 nitrogen and oxygen atoms in total. The first-order valence-electron chi connectivity index (χ1n) is 12.6. The fraction of sp³-hybridized carbons (Fsp3) is 0.481. The van der Waals surface area contributed by atoms with Crippen molar-refractivity contribution in [2.45, 2.75) is 58.2 Å². The lowest BCUT2D eigenvalue weighted by molar-refractivity contribution is -0.139. The van der Waals surface area contributed by atoms with Crippen LogP contribution in [0.2, 0.25) is 0 Å². The van der Waals surface area contributed by atoms with E-state index in [2.05, 4.69) is 5.32 Å². The summed E-state index contributed by atoms with van der Waals surface area (Å²) in [6.45, 7) is 4.15. The van der Waals surface area contributed by atoms with E-state index in [-0.39, 0.29) is 18.5 Å². The van der Waals surface area contributed by atoms with Gasteiger partial charge in [0.25, 0.3) is 0 Å². The number of anilines is 1. The van der Waals surface area contributed by atoms with Gasteiger partial charge < -0.3 is 19.7 Å². The number of sulfonamides is 1. The van der Waals surface area contributed by atoms with E-state index in [9.17, 15) is 18.0 Å². The zero-order chi connectivity index (χ0) is 26.6. The average molecular weight is 530 g/mol. The van der Waals surface area contributed by atoms with Gasteiger partial charge >= 0.3 is 0 Å². The predicted molar refractivity (Wildman–Crippen MR) is 141 cm³/mol. The second kappa shape index (κ2) is 11.4. The summed E-state index contributed by atoms with van der Waals surface area (Å²) in [5.41, 5.74) is 2.22. The molecule has 37 heavy (non-hydrogen) atoms. The number of fused-ring (bicyclic) bond motifs is 1. The molecule has 10 heteroatoms. The van der Waals surface area contributed by atoms with Crippen LogP contribution in [-0.4, -0.2) is 63.2 Å². The summed E-state index contributed by atoms with van der Waals surface area (Å²) in [6.07, 6.45) is 5.05. The highest BCUT2D eigenvalue weighted by Gasteiger charge is 2.31. The molecule has 0 bridgehead atoms. The molecule has 0 saturated heterocycles. The number of hydrogen-bond acceptors (Lipinski definition) is 6. The Balaban J connectivity index is 1.59. The van der Waals surface area contributed by atoms with Crippen molar-refractivity contribution in [3.63, 3.8) is 0 Å². The summed E-state index contributed by atoms with van der Waals surface area (Å²) < 4.78 is 37.8. The topological polar surface area (TPSA) is 105 Å². The summed E-state index contributed by atoms with van der Waals surface area (Å²) in [7, 11) is -3.83. The lowest BCUT2D eigenvalue weighted by Crippen LogP contribution is -2.52. The maximum Gasteiger partial charge on any atom is 0.244 e. The summed E-state index contributed by atoms with van der Waals surface area (Å²) in [5.74, 6) is 0.228. The maximum absolute atomic E-state index is 13.7. The van der Waals surface area contributed by atoms with Crippen LogP contribution in [0.15, 0.2) is 42.5 Å². The standard InChI is InChI=1S/C27H35N3O6S/c1-19-8-10-21(11-9-19)17-29(20(2)27(32)28-22-6-4-5-7-22)26(31)18-30(37(3,33)34)23-12-13-24-25(16-23)36-15-14-35-24/h8-13,16,20,22H,4-7,14-15,17-18H2,1-3H3,(H,28,32)/t20-/m1/s1. The minimum Gasteiger partial charge on any atom is -0.486 e. The number of hydrogen-bond donors (Lipinski definition) is 1. The quantitative estimate of drug-likeness (QED) is 0.536.